The fraction of sp³-hybridized carbons (Fsp3) is 0.235. The summed E-state index contributed by atoms with van der Waals surface area (Å²) in [5, 5.41) is 7.53. The van der Waals surface area contributed by atoms with E-state index in [0.717, 1.165) is 4.88 Å². The van der Waals surface area contributed by atoms with Crippen LogP contribution in [-0.4, -0.2) is 57.9 Å². The highest BCUT2D eigenvalue weighted by Gasteiger charge is 2.45. The van der Waals surface area contributed by atoms with Crippen molar-refractivity contribution in [1.82, 2.24) is 14.8 Å². The lowest BCUT2D eigenvalue weighted by Crippen LogP contribution is -2.41. The van der Waals surface area contributed by atoms with Gasteiger partial charge in [-0.2, -0.15) is 5.10 Å². The van der Waals surface area contributed by atoms with Gasteiger partial charge in [0.2, 0.25) is 0 Å². The third-order valence-corrected chi connectivity index (χ3v) is 5.31. The Hall–Kier alpha value is -3.27. The Balaban J connectivity index is 1.60. The van der Waals surface area contributed by atoms with Gasteiger partial charge in [0.05, 0.1) is 16.9 Å². The van der Waals surface area contributed by atoms with Gasteiger partial charge in [-0.3, -0.25) is 19.3 Å². The molecular formula is C17H14N4O5S. The first-order chi connectivity index (χ1) is 13.0. The summed E-state index contributed by atoms with van der Waals surface area (Å²) in [6.07, 6.45) is 1.95. The molecule has 1 saturated heterocycles. The summed E-state index contributed by atoms with van der Waals surface area (Å²) in [5.41, 5.74) is 0.715. The molecule has 0 bridgehead atoms. The van der Waals surface area contributed by atoms with Crippen molar-refractivity contribution in [1.29, 1.82) is 0 Å². The Labute approximate surface area is 157 Å². The monoisotopic (exact) mass is 386 g/mol. The normalized spacial score (nSPS) is 20.0. The van der Waals surface area contributed by atoms with Gasteiger partial charge in [0, 0.05) is 13.5 Å². The second-order valence-corrected chi connectivity index (χ2v) is 6.98. The number of likely N-dealkylation sites (N-methyl/N-ethyl adjacent to an activating group) is 1. The highest BCUT2D eigenvalue weighted by molar-refractivity contribution is 7.12. The number of carbonyl (C=O) groups is 4. The maximum Gasteiger partial charge on any atom is 0.334 e. The van der Waals surface area contributed by atoms with Gasteiger partial charge in [0.25, 0.3) is 5.91 Å². The molecule has 2 aromatic heterocycles. The van der Waals surface area contributed by atoms with Gasteiger partial charge >= 0.3 is 17.8 Å². The zero-order valence-electron chi connectivity index (χ0n) is 14.2. The zero-order valence-corrected chi connectivity index (χ0v) is 15.0. The van der Waals surface area contributed by atoms with E-state index in [0.29, 0.717) is 27.7 Å². The first kappa shape index (κ1) is 17.2. The van der Waals surface area contributed by atoms with Crippen LogP contribution in [0.15, 0.2) is 45.4 Å². The highest BCUT2D eigenvalue weighted by atomic mass is 32.1. The number of hydrazone groups is 1. The van der Waals surface area contributed by atoms with Crippen LogP contribution in [0, 0.1) is 0 Å². The van der Waals surface area contributed by atoms with Crippen molar-refractivity contribution in [2.45, 2.75) is 12.5 Å². The third kappa shape index (κ3) is 2.83. The molecule has 2 aromatic rings. The number of rotatable bonds is 4. The number of furan rings is 1. The van der Waals surface area contributed by atoms with E-state index in [2.05, 4.69) is 5.10 Å². The molecule has 0 N–H and O–H groups in total. The topological polar surface area (TPSA) is 104 Å². The number of thiophene rings is 1. The zero-order chi connectivity index (χ0) is 19.1. The second kappa shape index (κ2) is 6.47. The summed E-state index contributed by atoms with van der Waals surface area (Å²) in [6, 6.07) is 5.93. The number of nitrogens with zero attached hydrogens (tertiary/aromatic N) is 4. The largest absolute Gasteiger partial charge is 0.467 e. The molecule has 10 heteroatoms. The fourth-order valence-corrected chi connectivity index (χ4v) is 3.72. The van der Waals surface area contributed by atoms with Gasteiger partial charge in [0.1, 0.15) is 18.3 Å². The lowest BCUT2D eigenvalue weighted by atomic mass is 10.1. The molecule has 27 heavy (non-hydrogen) atoms. The van der Waals surface area contributed by atoms with Crippen molar-refractivity contribution in [3.63, 3.8) is 0 Å². The third-order valence-electron chi connectivity index (χ3n) is 4.39. The average molecular weight is 386 g/mol. The summed E-state index contributed by atoms with van der Waals surface area (Å²) in [7, 11) is 1.20. The van der Waals surface area contributed by atoms with E-state index in [1.54, 1.807) is 12.1 Å². The molecule has 2 aliphatic heterocycles. The number of hydrogen-bond donors (Lipinski definition) is 0. The molecule has 0 spiro atoms. The molecule has 0 radical (unpaired) electrons. The van der Waals surface area contributed by atoms with Crippen LogP contribution in [-0.2, 0) is 14.4 Å². The van der Waals surface area contributed by atoms with Crippen molar-refractivity contribution in [3.8, 4) is 0 Å². The molecule has 0 saturated carbocycles. The van der Waals surface area contributed by atoms with Crippen molar-refractivity contribution in [2.24, 2.45) is 5.10 Å². The van der Waals surface area contributed by atoms with E-state index in [4.69, 9.17) is 4.42 Å². The second-order valence-electron chi connectivity index (χ2n) is 6.04. The predicted molar refractivity (Wildman–Crippen MR) is 93.6 cm³/mol. The van der Waals surface area contributed by atoms with Crippen LogP contribution in [0.5, 0.6) is 0 Å². The van der Waals surface area contributed by atoms with Gasteiger partial charge < -0.3 is 4.42 Å². The van der Waals surface area contributed by atoms with Crippen molar-refractivity contribution >= 4 is 40.8 Å². The molecular weight excluding hydrogens is 372 g/mol. The van der Waals surface area contributed by atoms with Gasteiger partial charge in [-0.05, 0) is 23.6 Å². The first-order valence-electron chi connectivity index (χ1n) is 8.07. The summed E-state index contributed by atoms with van der Waals surface area (Å²) < 4.78 is 5.44. The number of hydrogen-bond acceptors (Lipinski definition) is 7. The number of imide groups is 2. The van der Waals surface area contributed by atoms with E-state index in [1.165, 1.54) is 29.7 Å². The van der Waals surface area contributed by atoms with Crippen LogP contribution in [0.2, 0.25) is 0 Å². The van der Waals surface area contributed by atoms with E-state index >= 15 is 0 Å². The van der Waals surface area contributed by atoms with Crippen LogP contribution >= 0.6 is 11.3 Å². The molecule has 138 valence electrons. The summed E-state index contributed by atoms with van der Waals surface area (Å²) in [6.45, 7) is -0.563. The Morgan fingerprint density at radius 2 is 2.07 bits per heavy atom. The van der Waals surface area contributed by atoms with Crippen molar-refractivity contribution in [2.75, 3.05) is 13.6 Å². The van der Waals surface area contributed by atoms with Crippen LogP contribution in [0.4, 0.5) is 4.79 Å². The molecule has 4 heterocycles. The first-order valence-corrected chi connectivity index (χ1v) is 8.95. The standard InChI is InChI=1S/C17H14N4O5S/c1-19-15(23)16(24)20(17(19)25)9-14(22)21-11(12-4-2-6-26-12)8-10(18-21)13-5-3-7-27-13/h2-7,11H,8-9H2,1H3. The Bertz CT molecular complexity index is 950. The SMILES string of the molecule is CN1C(=O)C(=O)N(CC(=O)N2N=C(c3cccs3)CC2c2ccco2)C1=O. The number of carbonyl (C=O) groups excluding carboxylic acids is 4. The fourth-order valence-electron chi connectivity index (χ4n) is 3.00. The molecule has 0 aromatic carbocycles. The number of amides is 5. The van der Waals surface area contributed by atoms with Gasteiger partial charge in [-0.25, -0.2) is 14.7 Å². The molecule has 4 rings (SSSR count). The van der Waals surface area contributed by atoms with Crippen LogP contribution in [0.25, 0.3) is 0 Å². The minimum Gasteiger partial charge on any atom is -0.467 e. The smallest absolute Gasteiger partial charge is 0.334 e. The molecule has 0 aliphatic carbocycles. The molecule has 1 fully saturated rings. The lowest BCUT2D eigenvalue weighted by molar-refractivity contribution is -0.145. The maximum atomic E-state index is 12.8. The molecule has 9 nitrogen and oxygen atoms in total. The van der Waals surface area contributed by atoms with Gasteiger partial charge in [0.15, 0.2) is 0 Å². The molecule has 1 unspecified atom stereocenters. The highest BCUT2D eigenvalue weighted by Crippen LogP contribution is 2.34. The Morgan fingerprint density at radius 3 is 2.67 bits per heavy atom. The van der Waals surface area contributed by atoms with Crippen molar-refractivity contribution in [3.05, 3.63) is 46.5 Å². The Morgan fingerprint density at radius 1 is 1.26 bits per heavy atom. The van der Waals surface area contributed by atoms with E-state index in [-0.39, 0.29) is 0 Å². The van der Waals surface area contributed by atoms with Crippen LogP contribution in [0.3, 0.4) is 0 Å². The predicted octanol–water partition coefficient (Wildman–Crippen LogP) is 1.44. The van der Waals surface area contributed by atoms with Gasteiger partial charge in [-0.15, -0.1) is 11.3 Å². The maximum absolute atomic E-state index is 12.8. The van der Waals surface area contributed by atoms with E-state index < -0.39 is 36.3 Å². The lowest BCUT2D eigenvalue weighted by Gasteiger charge is -2.21. The average Bonchev–Trinajstić information content (AvgIpc) is 3.43. The number of urea groups is 1. The minimum absolute atomic E-state index is 0.445. The van der Waals surface area contributed by atoms with E-state index in [9.17, 15) is 19.2 Å². The molecule has 1 atom stereocenters. The summed E-state index contributed by atoms with van der Waals surface area (Å²) in [5.74, 6) is -2.01. The van der Waals surface area contributed by atoms with Crippen LogP contribution < -0.4 is 0 Å². The molecule has 2 aliphatic rings. The van der Waals surface area contributed by atoms with Gasteiger partial charge in [-0.1, -0.05) is 6.07 Å². The summed E-state index contributed by atoms with van der Waals surface area (Å²) in [4.78, 5) is 50.7. The molecule has 5 amide bonds. The van der Waals surface area contributed by atoms with Crippen LogP contribution in [0.1, 0.15) is 23.1 Å². The van der Waals surface area contributed by atoms with E-state index in [1.807, 2.05) is 17.5 Å². The summed E-state index contributed by atoms with van der Waals surface area (Å²) >= 11 is 1.50. The quantitative estimate of drug-likeness (QED) is 0.584. The Kier molecular flexibility index (Phi) is 4.11. The minimum atomic E-state index is -1.02. The van der Waals surface area contributed by atoms with Crippen molar-refractivity contribution < 1.29 is 23.6 Å².